The first-order valence-corrected chi connectivity index (χ1v) is 10.6. The summed E-state index contributed by atoms with van der Waals surface area (Å²) in [6.45, 7) is 11.1. The second-order valence-electron chi connectivity index (χ2n) is 8.67. The molecule has 2 heterocycles. The van der Waals surface area contributed by atoms with Crippen LogP contribution in [-0.4, -0.2) is 49.8 Å². The molecular weight excluding hydrogens is 412 g/mol. The Balaban J connectivity index is 1.47. The summed E-state index contributed by atoms with van der Waals surface area (Å²) in [4.78, 5) is 25.4. The number of aromatic hydroxyl groups is 1. The number of phenolic OH excluding ortho intramolecular Hbond substituents is 1. The van der Waals surface area contributed by atoms with Crippen LogP contribution in [0.4, 0.5) is 0 Å². The Labute approximate surface area is 185 Å². The molecule has 3 aromatic rings. The molecule has 2 aromatic heterocycles. The van der Waals surface area contributed by atoms with E-state index in [2.05, 4.69) is 24.0 Å². The highest BCUT2D eigenvalue weighted by molar-refractivity contribution is 5.86. The molecule has 170 valence electrons. The van der Waals surface area contributed by atoms with E-state index in [4.69, 9.17) is 9.47 Å². The number of esters is 1. The van der Waals surface area contributed by atoms with E-state index >= 15 is 0 Å². The minimum absolute atomic E-state index is 0.0164. The number of rotatable bonds is 8. The number of hydrogen-bond acceptors (Lipinski definition) is 5. The smallest absolute Gasteiger partial charge is 0.333 e. The van der Waals surface area contributed by atoms with Crippen molar-refractivity contribution < 1.29 is 24.2 Å². The van der Waals surface area contributed by atoms with Crippen molar-refractivity contribution in [3.05, 3.63) is 41.0 Å². The molecule has 0 bridgehead atoms. The first-order valence-electron chi connectivity index (χ1n) is 10.6. The van der Waals surface area contributed by atoms with Gasteiger partial charge in [-0.1, -0.05) is 26.5 Å². The summed E-state index contributed by atoms with van der Waals surface area (Å²) in [5.41, 5.74) is 0.488. The highest BCUT2D eigenvalue weighted by atomic mass is 16.6. The summed E-state index contributed by atoms with van der Waals surface area (Å²) < 4.78 is 14.4. The molecule has 9 heteroatoms. The van der Waals surface area contributed by atoms with Crippen molar-refractivity contribution in [3.8, 4) is 17.2 Å². The summed E-state index contributed by atoms with van der Waals surface area (Å²) in [6.07, 6.45) is 4.84. The molecule has 4 rings (SSSR count). The zero-order valence-electron chi connectivity index (χ0n) is 18.7. The van der Waals surface area contributed by atoms with Crippen LogP contribution in [0.2, 0.25) is 0 Å². The van der Waals surface area contributed by atoms with Crippen LogP contribution < -0.4 is 20.8 Å². The number of benzene rings is 1. The minimum atomic E-state index is -0.461. The van der Waals surface area contributed by atoms with E-state index in [0.29, 0.717) is 23.4 Å². The highest BCUT2D eigenvalue weighted by Gasteiger charge is 2.32. The first kappa shape index (κ1) is 21.6. The van der Waals surface area contributed by atoms with Gasteiger partial charge in [-0.3, -0.25) is 4.79 Å². The molecule has 0 fully saturated rings. The zero-order chi connectivity index (χ0) is 23.2. The van der Waals surface area contributed by atoms with Crippen molar-refractivity contribution in [2.24, 2.45) is 5.92 Å². The van der Waals surface area contributed by atoms with E-state index in [1.807, 2.05) is 34.8 Å². The molecule has 0 radical (unpaired) electrons. The number of nitrogens with zero attached hydrogens (tertiary/aromatic N) is 3. The summed E-state index contributed by atoms with van der Waals surface area (Å²) in [5, 5.41) is 15.7. The Kier molecular flexibility index (Phi) is 5.28. The van der Waals surface area contributed by atoms with Crippen molar-refractivity contribution in [1.82, 2.24) is 19.4 Å². The fourth-order valence-electron chi connectivity index (χ4n) is 3.58. The molecule has 1 aliphatic carbocycles. The Morgan fingerprint density at radius 3 is 2.62 bits per heavy atom. The van der Waals surface area contributed by atoms with Gasteiger partial charge < -0.3 is 19.9 Å². The van der Waals surface area contributed by atoms with Crippen molar-refractivity contribution in [3.63, 3.8) is 0 Å². The van der Waals surface area contributed by atoms with Gasteiger partial charge in [-0.05, 0) is 38.5 Å². The second kappa shape index (κ2) is 7.81. The maximum absolute atomic E-state index is 12.2. The van der Waals surface area contributed by atoms with E-state index in [9.17, 15) is 14.7 Å². The normalized spacial score (nSPS) is 17.7. The van der Waals surface area contributed by atoms with E-state index in [0.717, 1.165) is 10.7 Å². The standard InChI is InChI=1S/C23H28N4O5/c1-14(2)21(29)24-23(5)9-8-17-19(13-23)27-25(17)26(27)18-7-6-16(12-20(18)28)31-10-11-32-22(30)15(3)4/h6-8,12-14,28H,3,9-11H2,1-2,4-5H3,(H,24,29). The average Bonchev–Trinajstić information content (AvgIpc) is 3.38. The fraction of sp³-hybridized carbons (Fsp3) is 0.391. The number of phenols is 1. The van der Waals surface area contributed by atoms with Gasteiger partial charge in [0, 0.05) is 17.6 Å². The largest absolute Gasteiger partial charge is 0.505 e. The Morgan fingerprint density at radius 2 is 1.97 bits per heavy atom. The number of amides is 1. The van der Waals surface area contributed by atoms with Gasteiger partial charge in [0.2, 0.25) is 5.91 Å². The second-order valence-corrected chi connectivity index (χ2v) is 8.67. The zero-order valence-corrected chi connectivity index (χ0v) is 18.7. The number of fused-ring (bicyclic) bond motifs is 4. The lowest BCUT2D eigenvalue weighted by Crippen LogP contribution is -2.53. The molecule has 1 aliphatic rings. The molecule has 0 aliphatic heterocycles. The molecule has 1 amide bonds. The quantitative estimate of drug-likeness (QED) is 0.309. The lowest BCUT2D eigenvalue weighted by Gasteiger charge is -2.29. The Morgan fingerprint density at radius 1 is 1.25 bits per heavy atom. The number of hydrogen-bond donors (Lipinski definition) is 2. The number of nitrogens with one attached hydrogen (secondary N) is 1. The average molecular weight is 441 g/mol. The van der Waals surface area contributed by atoms with E-state index in [-0.39, 0.29) is 30.8 Å². The number of carbonyl (C=O) groups excluding carboxylic acids is 2. The number of aromatic nitrogens is 3. The van der Waals surface area contributed by atoms with Crippen LogP contribution in [-0.2, 0) is 14.3 Å². The molecular formula is C23H28N4O5. The van der Waals surface area contributed by atoms with Crippen LogP contribution in [0.3, 0.4) is 0 Å². The first-order chi connectivity index (χ1) is 15.1. The third-order valence-electron chi connectivity index (χ3n) is 5.41. The van der Waals surface area contributed by atoms with Gasteiger partial charge in [-0.15, -0.1) is 14.1 Å². The van der Waals surface area contributed by atoms with Crippen molar-refractivity contribution >= 4 is 24.0 Å². The predicted octanol–water partition coefficient (Wildman–Crippen LogP) is 0.967. The third kappa shape index (κ3) is 3.86. The highest BCUT2D eigenvalue weighted by Crippen LogP contribution is 2.28. The van der Waals surface area contributed by atoms with Gasteiger partial charge in [0.1, 0.15) is 41.1 Å². The maximum atomic E-state index is 12.2. The Bertz CT molecular complexity index is 1310. The monoisotopic (exact) mass is 440 g/mol. The van der Waals surface area contributed by atoms with Crippen LogP contribution in [0.15, 0.2) is 30.4 Å². The van der Waals surface area contributed by atoms with E-state index < -0.39 is 11.5 Å². The summed E-state index contributed by atoms with van der Waals surface area (Å²) in [6, 6.07) is 5.03. The molecule has 0 saturated carbocycles. The van der Waals surface area contributed by atoms with Crippen LogP contribution in [0, 0.1) is 5.92 Å². The molecule has 9 nitrogen and oxygen atoms in total. The summed E-state index contributed by atoms with van der Waals surface area (Å²) in [7, 11) is 0. The molecule has 0 saturated heterocycles. The lowest BCUT2D eigenvalue weighted by atomic mass is 9.93. The molecule has 32 heavy (non-hydrogen) atoms. The van der Waals surface area contributed by atoms with Gasteiger partial charge in [0.25, 0.3) is 0 Å². The maximum Gasteiger partial charge on any atom is 0.333 e. The van der Waals surface area contributed by atoms with Gasteiger partial charge in [-0.2, -0.15) is 0 Å². The lowest BCUT2D eigenvalue weighted by molar-refractivity contribution is -0.139. The van der Waals surface area contributed by atoms with Crippen LogP contribution in [0.1, 0.15) is 34.1 Å². The van der Waals surface area contributed by atoms with Crippen LogP contribution in [0.5, 0.6) is 11.5 Å². The minimum Gasteiger partial charge on any atom is -0.505 e. The van der Waals surface area contributed by atoms with Gasteiger partial charge in [0.05, 0.1) is 5.54 Å². The van der Waals surface area contributed by atoms with Crippen LogP contribution >= 0.6 is 0 Å². The van der Waals surface area contributed by atoms with Crippen molar-refractivity contribution in [2.75, 3.05) is 13.2 Å². The molecule has 0 spiro atoms. The number of ether oxygens (including phenoxy) is 2. The van der Waals surface area contributed by atoms with Crippen molar-refractivity contribution in [2.45, 2.75) is 39.7 Å². The SMILES string of the molecule is C=C(C)C(=O)OCCOc1ccc(-n2n3c4c(n23)=CC(C)(NC(=O)C(C)C)CC=4)c(O)c1. The number of carbonyl (C=O) groups is 2. The van der Waals surface area contributed by atoms with E-state index in [1.165, 1.54) is 6.07 Å². The molecule has 2 N–H and O–H groups in total. The van der Waals surface area contributed by atoms with Crippen molar-refractivity contribution in [1.29, 1.82) is 0 Å². The van der Waals surface area contributed by atoms with Gasteiger partial charge >= 0.3 is 5.97 Å². The molecule has 1 unspecified atom stereocenters. The van der Waals surface area contributed by atoms with Gasteiger partial charge in [0.15, 0.2) is 0 Å². The third-order valence-corrected chi connectivity index (χ3v) is 5.41. The molecule has 1 aromatic carbocycles. The summed E-state index contributed by atoms with van der Waals surface area (Å²) >= 11 is 0. The van der Waals surface area contributed by atoms with Crippen LogP contribution in [0.25, 0.3) is 17.8 Å². The van der Waals surface area contributed by atoms with E-state index in [1.54, 1.807) is 19.1 Å². The Hall–Kier alpha value is -3.62. The van der Waals surface area contributed by atoms with Gasteiger partial charge in [-0.25, -0.2) is 4.79 Å². The topological polar surface area (TPSA) is 98.6 Å². The molecule has 1 atom stereocenters. The fourth-order valence-corrected chi connectivity index (χ4v) is 3.58. The summed E-state index contributed by atoms with van der Waals surface area (Å²) in [5.74, 6) is 0.00264. The predicted molar refractivity (Wildman–Crippen MR) is 118 cm³/mol.